The SMILES string of the molecule is CO.CO.COc1ccc(CN(Cn2nc(C)cc2C)Cn2nc(C)cc2C)cc1.COc1ccc(CN(Cn2nc(C)cc2C)Cn2nc(C)cc2C)cc1.[Cl-].[Cl-].[Cu+2].[Cu+2].[O-][Cl+3]([O-])([O-])[O-].[O-][Cl+3]([O-])([O-])[O-]. The number of methoxy groups -OCH3 is 2. The van der Waals surface area contributed by atoms with Crippen LogP contribution < -0.4 is 71.6 Å². The van der Waals surface area contributed by atoms with Gasteiger partial charge < -0.3 is 44.5 Å². The summed E-state index contributed by atoms with van der Waals surface area (Å²) >= 11 is 0. The summed E-state index contributed by atoms with van der Waals surface area (Å²) < 4.78 is 86.7. The fourth-order valence-electron chi connectivity index (χ4n) is 6.30. The zero-order valence-corrected chi connectivity index (χ0v) is 45.6. The molecule has 70 heavy (non-hydrogen) atoms. The van der Waals surface area contributed by atoms with Crippen LogP contribution >= 0.6 is 0 Å². The summed E-state index contributed by atoms with van der Waals surface area (Å²) in [5.74, 6) is 1.75. The number of nitrogens with zero attached hydrogens (tertiary/aromatic N) is 10. The van der Waals surface area contributed by atoms with Crippen molar-refractivity contribution >= 4 is 0 Å². The standard InChI is InChI=1S/2C20H27N5O.2CH4O.2ClHO4.2ClH.2Cu/c2*1-15-10-17(3)24(21-15)13-23(14-25-18(4)11-16(2)22-25)12-19-6-8-20(26-5)9-7-19;2*1-2;2*2-1(3,4)5;;;;/h2*6-11H,12-14H2,1-5H3;2*2H,1H3;2*(H,2,3,4,5);2*1H;;/q;;;;;;;;2*+2/p-4. The monoisotopic (exact) mass is 1160 g/mol. The molecule has 0 unspecified atom stereocenters. The Morgan fingerprint density at radius 1 is 0.429 bits per heavy atom. The van der Waals surface area contributed by atoms with Gasteiger partial charge in [0.25, 0.3) is 0 Å². The van der Waals surface area contributed by atoms with Gasteiger partial charge in [-0.15, -0.1) is 20.5 Å². The Bertz CT molecular complexity index is 2010. The smallest absolute Gasteiger partial charge is 1.00 e. The van der Waals surface area contributed by atoms with Crippen LogP contribution in [0.15, 0.2) is 72.8 Å². The number of aromatic nitrogens is 8. The normalized spacial score (nSPS) is 10.3. The van der Waals surface area contributed by atoms with E-state index in [1.54, 1.807) is 14.2 Å². The molecule has 402 valence electrons. The number of aryl methyl sites for hydroxylation is 8. The second-order valence-electron chi connectivity index (χ2n) is 14.4. The average Bonchev–Trinajstić information content (AvgIpc) is 3.94. The number of benzene rings is 2. The molecule has 6 rings (SSSR count). The number of halogens is 4. The Balaban J connectivity index is -0.000000470. The first-order valence-corrected chi connectivity index (χ1v) is 22.2. The fraction of sp³-hybridized carbons (Fsp3) is 0.429. The van der Waals surface area contributed by atoms with Crippen LogP contribution in [0.25, 0.3) is 0 Å². The first kappa shape index (κ1) is 73.1. The van der Waals surface area contributed by atoms with Gasteiger partial charge in [0.1, 0.15) is 11.5 Å². The number of aliphatic hydroxyl groups excluding tert-OH is 2. The summed E-state index contributed by atoms with van der Waals surface area (Å²) in [6.07, 6.45) is 0. The van der Waals surface area contributed by atoms with Crippen molar-refractivity contribution in [3.05, 3.63) is 129 Å². The predicted molar refractivity (Wildman–Crippen MR) is 220 cm³/mol. The average molecular weight is 1170 g/mol. The third kappa shape index (κ3) is 30.5. The van der Waals surface area contributed by atoms with Gasteiger partial charge in [0.15, 0.2) is 0 Å². The molecule has 0 aliphatic carbocycles. The van der Waals surface area contributed by atoms with E-state index in [1.807, 2.05) is 70.7 Å². The van der Waals surface area contributed by atoms with Crippen LogP contribution in [0.5, 0.6) is 11.5 Å². The quantitative estimate of drug-likeness (QED) is 0.0957. The zero-order chi connectivity index (χ0) is 50.4. The maximum Gasteiger partial charge on any atom is 2.00 e. The van der Waals surface area contributed by atoms with Crippen molar-refractivity contribution < 1.29 is 136 Å². The molecule has 6 aromatic rings. The summed E-state index contributed by atoms with van der Waals surface area (Å²) in [6.45, 7) is 20.9. The maximum atomic E-state index is 8.49. The van der Waals surface area contributed by atoms with Gasteiger partial charge in [-0.25, -0.2) is 37.3 Å². The van der Waals surface area contributed by atoms with E-state index in [4.69, 9.17) is 57.0 Å². The van der Waals surface area contributed by atoms with Gasteiger partial charge in [-0.3, -0.25) is 28.5 Å². The molecule has 28 heteroatoms. The van der Waals surface area contributed by atoms with Crippen LogP contribution in [-0.2, 0) is 73.9 Å². The van der Waals surface area contributed by atoms with Gasteiger partial charge in [-0.1, -0.05) is 24.3 Å². The van der Waals surface area contributed by atoms with E-state index >= 15 is 0 Å². The van der Waals surface area contributed by atoms with Crippen molar-refractivity contribution in [3.63, 3.8) is 0 Å². The Morgan fingerprint density at radius 2 is 0.614 bits per heavy atom. The molecule has 2 aromatic carbocycles. The van der Waals surface area contributed by atoms with E-state index in [0.717, 1.165) is 84.4 Å². The van der Waals surface area contributed by atoms with Crippen LogP contribution in [0, 0.1) is 75.9 Å². The van der Waals surface area contributed by atoms with Gasteiger partial charge in [0.2, 0.25) is 0 Å². The maximum absolute atomic E-state index is 8.49. The zero-order valence-electron chi connectivity index (χ0n) is 40.7. The molecule has 0 saturated heterocycles. The summed E-state index contributed by atoms with van der Waals surface area (Å²) in [6, 6.07) is 24.8. The van der Waals surface area contributed by atoms with Gasteiger partial charge in [-0.2, -0.15) is 20.4 Å². The molecule has 0 aliphatic heterocycles. The Labute approximate surface area is 447 Å². The minimum absolute atomic E-state index is 0. The summed E-state index contributed by atoms with van der Waals surface area (Å²) in [5, 5.41) is 32.5. The number of hydrogen-bond donors (Lipinski definition) is 2. The summed E-state index contributed by atoms with van der Waals surface area (Å²) in [4.78, 5) is 4.67. The van der Waals surface area contributed by atoms with Crippen LogP contribution in [0.4, 0.5) is 0 Å². The van der Waals surface area contributed by atoms with Crippen molar-refractivity contribution in [1.29, 1.82) is 0 Å². The van der Waals surface area contributed by atoms with E-state index in [-0.39, 0.29) is 59.0 Å². The molecule has 2 radical (unpaired) electrons. The number of ether oxygens (including phenoxy) is 2. The molecule has 2 N–H and O–H groups in total. The van der Waals surface area contributed by atoms with Crippen LogP contribution in [0.1, 0.15) is 56.7 Å². The second kappa shape index (κ2) is 36.5. The first-order valence-electron chi connectivity index (χ1n) is 19.8. The summed E-state index contributed by atoms with van der Waals surface area (Å²) in [7, 11) is -4.51. The van der Waals surface area contributed by atoms with Crippen molar-refractivity contribution in [2.24, 2.45) is 0 Å². The molecule has 0 atom stereocenters. The van der Waals surface area contributed by atoms with Gasteiger partial charge in [0.05, 0.1) is 63.7 Å². The van der Waals surface area contributed by atoms with E-state index in [2.05, 4.69) is 106 Å². The number of rotatable bonds is 14. The van der Waals surface area contributed by atoms with Crippen molar-refractivity contribution in [2.75, 3.05) is 28.4 Å². The minimum Gasteiger partial charge on any atom is -1.00 e. The van der Waals surface area contributed by atoms with Crippen LogP contribution in [0.3, 0.4) is 0 Å². The largest absolute Gasteiger partial charge is 2.00 e. The molecule has 4 aromatic heterocycles. The molecule has 4 heterocycles. The van der Waals surface area contributed by atoms with Gasteiger partial charge in [0, 0.05) is 50.1 Å². The van der Waals surface area contributed by atoms with E-state index < -0.39 is 20.5 Å². The first-order chi connectivity index (χ1) is 30.9. The van der Waals surface area contributed by atoms with Crippen molar-refractivity contribution in [1.82, 2.24) is 48.9 Å². The predicted octanol–water partition coefficient (Wildman–Crippen LogP) is -9.41. The Hall–Kier alpha value is -3.40. The minimum atomic E-state index is -4.94. The van der Waals surface area contributed by atoms with Gasteiger partial charge in [-0.05, 0) is 115 Å². The van der Waals surface area contributed by atoms with E-state index in [1.165, 1.54) is 11.1 Å². The van der Waals surface area contributed by atoms with E-state index in [0.29, 0.717) is 26.7 Å². The molecule has 0 amide bonds. The molecule has 0 aliphatic rings. The summed E-state index contributed by atoms with van der Waals surface area (Å²) in [5.41, 5.74) is 11.3. The Morgan fingerprint density at radius 3 is 0.757 bits per heavy atom. The second-order valence-corrected chi connectivity index (χ2v) is 15.9. The third-order valence-corrected chi connectivity index (χ3v) is 8.88. The fourth-order valence-corrected chi connectivity index (χ4v) is 6.30. The van der Waals surface area contributed by atoms with Gasteiger partial charge >= 0.3 is 34.1 Å². The van der Waals surface area contributed by atoms with E-state index in [9.17, 15) is 0 Å². The topological polar surface area (TPSA) is 321 Å². The number of aliphatic hydroxyl groups is 2. The molecule has 0 fully saturated rings. The molecule has 0 saturated carbocycles. The molecule has 0 spiro atoms. The van der Waals surface area contributed by atoms with Crippen molar-refractivity contribution in [3.8, 4) is 11.5 Å². The van der Waals surface area contributed by atoms with Crippen LogP contribution in [0.2, 0.25) is 0 Å². The third-order valence-electron chi connectivity index (χ3n) is 8.88. The molecule has 22 nitrogen and oxygen atoms in total. The van der Waals surface area contributed by atoms with Crippen LogP contribution in [-0.4, -0.2) is 87.6 Å². The molecule has 0 bridgehead atoms. The number of hydrogen-bond acceptors (Lipinski definition) is 18. The molecular formula is C42H62Cl4Cu2N10O12. The van der Waals surface area contributed by atoms with Crippen molar-refractivity contribution in [2.45, 2.75) is 95.2 Å². The Kier molecular flexibility index (Phi) is 38.1. The molecular weight excluding hydrogens is 1110 g/mol.